The second-order valence-corrected chi connectivity index (χ2v) is 8.74. The van der Waals surface area contributed by atoms with E-state index in [1.165, 1.54) is 11.6 Å². The molecule has 33 heavy (non-hydrogen) atoms. The number of benzene rings is 2. The summed E-state index contributed by atoms with van der Waals surface area (Å²) in [5.41, 5.74) is 6.93. The first-order valence-electron chi connectivity index (χ1n) is 11.1. The predicted octanol–water partition coefficient (Wildman–Crippen LogP) is 6.16. The maximum atomic E-state index is 12.4. The van der Waals surface area contributed by atoms with Crippen molar-refractivity contribution < 1.29 is 8.83 Å². The number of aryl methyl sites for hydroxylation is 3. The predicted molar refractivity (Wildman–Crippen MR) is 131 cm³/mol. The van der Waals surface area contributed by atoms with Crippen LogP contribution in [-0.4, -0.2) is 16.9 Å². The molecular formula is C28H26N2O3. The van der Waals surface area contributed by atoms with Gasteiger partial charge in [0.05, 0.1) is 5.69 Å². The molecule has 0 aliphatic heterocycles. The third kappa shape index (κ3) is 3.96. The standard InChI is InChI=1S/C28H26N2O3/c1-17-10-11-22-24(13-26(31)33-27(22)18(17)2)25-12-23-21(14-29-19(3)28(23)32-25)16-30(4)15-20-8-6-5-7-9-20/h5-14H,15-16H2,1-4H3. The first-order chi connectivity index (χ1) is 15.9. The molecule has 5 aromatic rings. The van der Waals surface area contributed by atoms with Crippen LogP contribution < -0.4 is 5.63 Å². The smallest absolute Gasteiger partial charge is 0.336 e. The van der Waals surface area contributed by atoms with Gasteiger partial charge in [-0.15, -0.1) is 0 Å². The van der Waals surface area contributed by atoms with Crippen LogP contribution in [0.15, 0.2) is 74.4 Å². The number of nitrogens with zero attached hydrogens (tertiary/aromatic N) is 2. The van der Waals surface area contributed by atoms with Crippen LogP contribution in [0, 0.1) is 20.8 Å². The van der Waals surface area contributed by atoms with Crippen molar-refractivity contribution in [1.29, 1.82) is 0 Å². The van der Waals surface area contributed by atoms with Gasteiger partial charge in [0, 0.05) is 41.7 Å². The summed E-state index contributed by atoms with van der Waals surface area (Å²) in [5, 5.41) is 1.88. The van der Waals surface area contributed by atoms with Gasteiger partial charge >= 0.3 is 5.63 Å². The first-order valence-corrected chi connectivity index (χ1v) is 11.1. The Morgan fingerprint density at radius 3 is 2.45 bits per heavy atom. The van der Waals surface area contributed by atoms with Gasteiger partial charge in [0.15, 0.2) is 5.58 Å². The molecule has 0 aliphatic carbocycles. The van der Waals surface area contributed by atoms with Crippen LogP contribution >= 0.6 is 0 Å². The van der Waals surface area contributed by atoms with Crippen molar-refractivity contribution in [3.05, 3.63) is 99.2 Å². The Kier molecular flexibility index (Phi) is 5.35. The SMILES string of the molecule is Cc1ccc2c(-c3cc4c(CN(C)Cc5ccccc5)cnc(C)c4o3)cc(=O)oc2c1C. The summed E-state index contributed by atoms with van der Waals surface area (Å²) in [6.07, 6.45) is 1.92. The molecule has 0 saturated carbocycles. The lowest BCUT2D eigenvalue weighted by molar-refractivity contribution is 0.320. The van der Waals surface area contributed by atoms with Crippen molar-refractivity contribution in [2.75, 3.05) is 7.05 Å². The van der Waals surface area contributed by atoms with Gasteiger partial charge in [0.25, 0.3) is 0 Å². The molecule has 0 unspecified atom stereocenters. The number of aromatic nitrogens is 1. The van der Waals surface area contributed by atoms with Gasteiger partial charge in [-0.1, -0.05) is 42.5 Å². The quantitative estimate of drug-likeness (QED) is 0.308. The fourth-order valence-electron chi connectivity index (χ4n) is 4.36. The van der Waals surface area contributed by atoms with Crippen molar-refractivity contribution in [3.63, 3.8) is 0 Å². The lowest BCUT2D eigenvalue weighted by atomic mass is 10.0. The summed E-state index contributed by atoms with van der Waals surface area (Å²) >= 11 is 0. The Balaban J connectivity index is 1.59. The Hall–Kier alpha value is -3.70. The molecule has 2 aromatic carbocycles. The molecule has 5 heteroatoms. The highest BCUT2D eigenvalue weighted by Crippen LogP contribution is 2.35. The third-order valence-corrected chi connectivity index (χ3v) is 6.25. The van der Waals surface area contributed by atoms with Crippen LogP contribution in [0.25, 0.3) is 33.3 Å². The van der Waals surface area contributed by atoms with E-state index in [2.05, 4.69) is 41.2 Å². The van der Waals surface area contributed by atoms with E-state index in [1.807, 2.05) is 51.2 Å². The molecule has 0 N–H and O–H groups in total. The molecule has 0 bridgehead atoms. The average Bonchev–Trinajstić information content (AvgIpc) is 3.25. The van der Waals surface area contributed by atoms with Crippen molar-refractivity contribution in [2.45, 2.75) is 33.9 Å². The summed E-state index contributed by atoms with van der Waals surface area (Å²) < 4.78 is 11.8. The van der Waals surface area contributed by atoms with Crippen LogP contribution in [0.2, 0.25) is 0 Å². The topological polar surface area (TPSA) is 59.5 Å². The molecule has 0 atom stereocenters. The van der Waals surface area contributed by atoms with E-state index in [1.54, 1.807) is 0 Å². The van der Waals surface area contributed by atoms with Gasteiger partial charge < -0.3 is 8.83 Å². The monoisotopic (exact) mass is 438 g/mol. The first kappa shape index (κ1) is 21.2. The van der Waals surface area contributed by atoms with E-state index >= 15 is 0 Å². The highest BCUT2D eigenvalue weighted by Gasteiger charge is 2.18. The van der Waals surface area contributed by atoms with Crippen molar-refractivity contribution in [3.8, 4) is 11.3 Å². The molecule has 0 amide bonds. The zero-order chi connectivity index (χ0) is 23.1. The fraction of sp³-hybridized carbons (Fsp3) is 0.214. The highest BCUT2D eigenvalue weighted by atomic mass is 16.4. The average molecular weight is 439 g/mol. The van der Waals surface area contributed by atoms with Gasteiger partial charge in [-0.2, -0.15) is 0 Å². The van der Waals surface area contributed by atoms with Crippen molar-refractivity contribution in [1.82, 2.24) is 9.88 Å². The second-order valence-electron chi connectivity index (χ2n) is 8.74. The molecule has 0 radical (unpaired) electrons. The maximum absolute atomic E-state index is 12.4. The number of hydrogen-bond acceptors (Lipinski definition) is 5. The molecule has 5 nitrogen and oxygen atoms in total. The largest absolute Gasteiger partial charge is 0.454 e. The van der Waals surface area contributed by atoms with E-state index in [0.717, 1.165) is 57.4 Å². The molecule has 0 spiro atoms. The third-order valence-electron chi connectivity index (χ3n) is 6.25. The molecule has 0 fully saturated rings. The van der Waals surface area contributed by atoms with Crippen LogP contribution in [0.3, 0.4) is 0 Å². The molecule has 166 valence electrons. The molecule has 3 aromatic heterocycles. The minimum absolute atomic E-state index is 0.385. The Labute approximate surface area is 192 Å². The molecule has 5 rings (SSSR count). The van der Waals surface area contributed by atoms with Crippen LogP contribution in [0.5, 0.6) is 0 Å². The lowest BCUT2D eigenvalue weighted by Crippen LogP contribution is -2.17. The van der Waals surface area contributed by atoms with Gasteiger partial charge in [0.1, 0.15) is 11.3 Å². The number of rotatable bonds is 5. The minimum atomic E-state index is -0.385. The summed E-state index contributed by atoms with van der Waals surface area (Å²) in [7, 11) is 2.10. The van der Waals surface area contributed by atoms with Gasteiger partial charge in [-0.3, -0.25) is 9.88 Å². The Morgan fingerprint density at radius 1 is 0.879 bits per heavy atom. The van der Waals surface area contributed by atoms with E-state index in [0.29, 0.717) is 11.3 Å². The van der Waals surface area contributed by atoms with Crippen LogP contribution in [0.4, 0.5) is 0 Å². The second kappa shape index (κ2) is 8.34. The normalized spacial score (nSPS) is 11.7. The van der Waals surface area contributed by atoms with E-state index in [4.69, 9.17) is 8.83 Å². The van der Waals surface area contributed by atoms with E-state index in [9.17, 15) is 4.79 Å². The van der Waals surface area contributed by atoms with Crippen molar-refractivity contribution >= 4 is 21.9 Å². The summed E-state index contributed by atoms with van der Waals surface area (Å²) in [6.45, 7) is 7.49. The Bertz CT molecular complexity index is 1530. The molecular weight excluding hydrogens is 412 g/mol. The fourth-order valence-corrected chi connectivity index (χ4v) is 4.36. The summed E-state index contributed by atoms with van der Waals surface area (Å²) in [6, 6.07) is 18.0. The van der Waals surface area contributed by atoms with Crippen LogP contribution in [-0.2, 0) is 13.1 Å². The van der Waals surface area contributed by atoms with Gasteiger partial charge in [0.2, 0.25) is 0 Å². The number of pyridine rings is 1. The lowest BCUT2D eigenvalue weighted by Gasteiger charge is -2.17. The van der Waals surface area contributed by atoms with Crippen molar-refractivity contribution in [2.24, 2.45) is 0 Å². The number of hydrogen-bond donors (Lipinski definition) is 0. The van der Waals surface area contributed by atoms with Gasteiger partial charge in [-0.25, -0.2) is 4.79 Å². The van der Waals surface area contributed by atoms with E-state index in [-0.39, 0.29) is 5.63 Å². The zero-order valence-corrected chi connectivity index (χ0v) is 19.3. The Morgan fingerprint density at radius 2 is 1.67 bits per heavy atom. The number of fused-ring (bicyclic) bond motifs is 2. The summed E-state index contributed by atoms with van der Waals surface area (Å²) in [4.78, 5) is 19.2. The molecule has 0 aliphatic rings. The van der Waals surface area contributed by atoms with Crippen LogP contribution in [0.1, 0.15) is 27.9 Å². The maximum Gasteiger partial charge on any atom is 0.336 e. The number of furan rings is 1. The highest BCUT2D eigenvalue weighted by molar-refractivity contribution is 5.97. The zero-order valence-electron chi connectivity index (χ0n) is 19.3. The minimum Gasteiger partial charge on any atom is -0.454 e. The van der Waals surface area contributed by atoms with E-state index < -0.39 is 0 Å². The van der Waals surface area contributed by atoms with Gasteiger partial charge in [-0.05, 0) is 56.1 Å². The summed E-state index contributed by atoms with van der Waals surface area (Å²) in [5.74, 6) is 0.647. The molecule has 0 saturated heterocycles. The molecule has 3 heterocycles.